The van der Waals surface area contributed by atoms with E-state index in [4.69, 9.17) is 47.4 Å². The van der Waals surface area contributed by atoms with E-state index in [1.165, 1.54) is 6.92 Å². The summed E-state index contributed by atoms with van der Waals surface area (Å²) < 4.78 is 65.7. The average Bonchev–Trinajstić information content (AvgIpc) is 3.38. The Bertz CT molecular complexity index is 2330. The molecule has 68 heavy (non-hydrogen) atoms. The van der Waals surface area contributed by atoms with Gasteiger partial charge in [0.25, 0.3) is 0 Å². The second-order valence-corrected chi connectivity index (χ2v) is 16.8. The van der Waals surface area contributed by atoms with Crippen molar-refractivity contribution in [2.24, 2.45) is 0 Å². The van der Waals surface area contributed by atoms with Crippen LogP contribution in [-0.2, 0) is 91.8 Å². The molecule has 12 nitrogen and oxygen atoms in total. The molecule has 6 unspecified atom stereocenters. The van der Waals surface area contributed by atoms with Crippen molar-refractivity contribution in [1.82, 2.24) is 0 Å². The third-order valence-corrected chi connectivity index (χ3v) is 11.7. The van der Waals surface area contributed by atoms with Crippen LogP contribution < -0.4 is 0 Å². The molecule has 6 aromatic rings. The minimum absolute atomic E-state index is 0.0868. The second-order valence-electron chi connectivity index (χ2n) is 16.8. The van der Waals surface area contributed by atoms with Crippen LogP contribution in [0.15, 0.2) is 182 Å². The van der Waals surface area contributed by atoms with Crippen molar-refractivity contribution in [2.45, 2.75) is 108 Å². The van der Waals surface area contributed by atoms with Gasteiger partial charge >= 0.3 is 5.97 Å². The van der Waals surface area contributed by atoms with Crippen LogP contribution >= 0.6 is 0 Å². The lowest BCUT2D eigenvalue weighted by atomic mass is 9.97. The predicted molar refractivity (Wildman–Crippen MR) is 252 cm³/mol. The van der Waals surface area contributed by atoms with Gasteiger partial charge < -0.3 is 52.5 Å². The summed E-state index contributed by atoms with van der Waals surface area (Å²) in [5.41, 5.74) is 5.59. The summed E-state index contributed by atoms with van der Waals surface area (Å²) in [6.45, 7) is 2.54. The van der Waals surface area contributed by atoms with Crippen LogP contribution in [0.4, 0.5) is 0 Å². The van der Waals surface area contributed by atoms with E-state index in [2.05, 4.69) is 0 Å². The van der Waals surface area contributed by atoms with Gasteiger partial charge in [-0.2, -0.15) is 0 Å². The van der Waals surface area contributed by atoms with Crippen LogP contribution in [-0.4, -0.2) is 85.7 Å². The number of carbonyl (C=O) groups excluding carboxylic acids is 1. The first-order valence-corrected chi connectivity index (χ1v) is 23.1. The molecule has 0 amide bonds. The number of rotatable bonds is 23. The molecule has 2 heterocycles. The Hall–Kier alpha value is -5.61. The number of hydrogen-bond acceptors (Lipinski definition) is 12. The summed E-state index contributed by atoms with van der Waals surface area (Å²) in [4.78, 5) is 13.1. The van der Waals surface area contributed by atoms with Crippen molar-refractivity contribution in [1.29, 1.82) is 0 Å². The summed E-state index contributed by atoms with van der Waals surface area (Å²) in [5.74, 6) is -0.567. The molecule has 2 aliphatic heterocycles. The molecule has 12 heteroatoms. The fourth-order valence-corrected chi connectivity index (χ4v) is 8.34. The molecule has 0 radical (unpaired) electrons. The molecule has 0 aromatic heterocycles. The zero-order valence-electron chi connectivity index (χ0n) is 38.2. The van der Waals surface area contributed by atoms with Crippen LogP contribution in [0.5, 0.6) is 0 Å². The molecule has 8 rings (SSSR count). The van der Waals surface area contributed by atoms with Gasteiger partial charge in [0.1, 0.15) is 42.7 Å². The van der Waals surface area contributed by atoms with E-state index in [0.717, 1.165) is 33.4 Å². The quantitative estimate of drug-likeness (QED) is 0.0619. The second kappa shape index (κ2) is 25.7. The van der Waals surface area contributed by atoms with Gasteiger partial charge in [-0.1, -0.05) is 182 Å². The lowest BCUT2D eigenvalue weighted by Crippen LogP contribution is -2.64. The van der Waals surface area contributed by atoms with E-state index >= 15 is 0 Å². The molecular weight excluding hydrogens is 865 g/mol. The van der Waals surface area contributed by atoms with Crippen molar-refractivity contribution < 1.29 is 57.3 Å². The Kier molecular flexibility index (Phi) is 18.4. The van der Waals surface area contributed by atoms with Gasteiger partial charge in [-0.05, 0) is 33.4 Å². The van der Waals surface area contributed by atoms with Crippen molar-refractivity contribution in [3.05, 3.63) is 215 Å². The van der Waals surface area contributed by atoms with Crippen LogP contribution in [0, 0.1) is 0 Å². The van der Waals surface area contributed by atoms with Gasteiger partial charge in [0, 0.05) is 6.92 Å². The third-order valence-electron chi connectivity index (χ3n) is 11.7. The molecule has 2 fully saturated rings. The highest BCUT2D eigenvalue weighted by Crippen LogP contribution is 2.34. The number of carbonyl (C=O) groups is 1. The molecule has 10 atom stereocenters. The molecule has 0 bridgehead atoms. The van der Waals surface area contributed by atoms with Gasteiger partial charge in [-0.3, -0.25) is 4.79 Å². The highest BCUT2D eigenvalue weighted by Gasteiger charge is 2.52. The van der Waals surface area contributed by atoms with Crippen molar-refractivity contribution >= 4 is 5.97 Å². The average molecular weight is 925 g/mol. The first-order valence-electron chi connectivity index (χ1n) is 23.1. The van der Waals surface area contributed by atoms with Crippen LogP contribution in [0.1, 0.15) is 40.3 Å². The number of esters is 1. The summed E-state index contributed by atoms with van der Waals surface area (Å²) in [7, 11) is 0. The number of aliphatic hydroxyl groups excluding tert-OH is 1. The molecule has 2 aliphatic rings. The van der Waals surface area contributed by atoms with E-state index in [1.54, 1.807) is 0 Å². The van der Waals surface area contributed by atoms with E-state index in [1.807, 2.05) is 182 Å². The van der Waals surface area contributed by atoms with Crippen LogP contribution in [0.3, 0.4) is 0 Å². The highest BCUT2D eigenvalue weighted by molar-refractivity contribution is 5.66. The predicted octanol–water partition coefficient (Wildman–Crippen LogP) is 8.52. The number of hydrogen-bond donors (Lipinski definition) is 1. The summed E-state index contributed by atoms with van der Waals surface area (Å²) in [5, 5.41) is 11.8. The van der Waals surface area contributed by atoms with E-state index in [9.17, 15) is 9.90 Å². The van der Waals surface area contributed by atoms with Gasteiger partial charge in [0.05, 0.1) is 52.9 Å². The highest BCUT2D eigenvalue weighted by atomic mass is 16.7. The maximum atomic E-state index is 13.1. The largest absolute Gasteiger partial charge is 0.454 e. The first kappa shape index (κ1) is 48.8. The van der Waals surface area contributed by atoms with Crippen molar-refractivity contribution in [2.75, 3.05) is 13.2 Å². The molecule has 6 aromatic carbocycles. The molecule has 356 valence electrons. The van der Waals surface area contributed by atoms with Crippen molar-refractivity contribution in [3.8, 4) is 0 Å². The molecule has 0 aliphatic carbocycles. The Morgan fingerprint density at radius 2 is 0.721 bits per heavy atom. The molecule has 0 saturated carbocycles. The third kappa shape index (κ3) is 14.2. The van der Waals surface area contributed by atoms with Crippen molar-refractivity contribution in [3.63, 3.8) is 0 Å². The maximum Gasteiger partial charge on any atom is 0.303 e. The lowest BCUT2D eigenvalue weighted by Gasteiger charge is -2.47. The van der Waals surface area contributed by atoms with E-state index < -0.39 is 67.4 Å². The molecule has 0 spiro atoms. The fraction of sp³-hybridized carbons (Fsp3) is 0.339. The van der Waals surface area contributed by atoms with Crippen LogP contribution in [0.2, 0.25) is 0 Å². The van der Waals surface area contributed by atoms with Gasteiger partial charge in [0.15, 0.2) is 18.7 Å². The zero-order valence-corrected chi connectivity index (χ0v) is 38.2. The molecule has 2 saturated heterocycles. The van der Waals surface area contributed by atoms with E-state index in [-0.39, 0.29) is 46.2 Å². The number of ether oxygens (including phenoxy) is 10. The number of benzene rings is 6. The standard InChI is InChI=1S/C56H60O12/c1-40(57)66-54-52(63-36-45-28-16-6-17-29-45)49(60-33-42-22-10-3-11-23-42)47(38-59-32-41-20-8-2-9-21-41)68-56(54)65-39-48-50(61-34-43-24-12-4-13-25-43)51(62-35-44-26-14-5-15-27-44)53(55(58)67-48)64-37-46-30-18-7-19-31-46/h2-31,47-56,58H,32-39H2,1H3/t47?,48?,49-,50-,51?,52?,53?,54?,55+,56+/m1/s1. The zero-order chi connectivity index (χ0) is 46.8. The monoisotopic (exact) mass is 924 g/mol. The Morgan fingerprint density at radius 1 is 0.397 bits per heavy atom. The topological polar surface area (TPSA) is 130 Å². The van der Waals surface area contributed by atoms with Gasteiger partial charge in [-0.25, -0.2) is 0 Å². The summed E-state index contributed by atoms with van der Waals surface area (Å²) in [6, 6.07) is 58.6. The van der Waals surface area contributed by atoms with Gasteiger partial charge in [-0.15, -0.1) is 0 Å². The Balaban J connectivity index is 1.09. The first-order chi connectivity index (χ1) is 33.5. The minimum atomic E-state index is -1.45. The minimum Gasteiger partial charge on any atom is -0.454 e. The van der Waals surface area contributed by atoms with Crippen LogP contribution in [0.25, 0.3) is 0 Å². The van der Waals surface area contributed by atoms with E-state index in [0.29, 0.717) is 6.61 Å². The Morgan fingerprint density at radius 3 is 1.10 bits per heavy atom. The Labute approximate surface area is 398 Å². The van der Waals surface area contributed by atoms with Gasteiger partial charge in [0.2, 0.25) is 0 Å². The maximum absolute atomic E-state index is 13.1. The fourth-order valence-electron chi connectivity index (χ4n) is 8.34. The summed E-state index contributed by atoms with van der Waals surface area (Å²) in [6.07, 6.45) is -9.79. The molecule has 1 N–H and O–H groups in total. The lowest BCUT2D eigenvalue weighted by molar-refractivity contribution is -0.345. The smallest absolute Gasteiger partial charge is 0.303 e. The normalized spacial score (nSPS) is 24.9. The molecular formula is C56H60O12. The summed E-state index contributed by atoms with van der Waals surface area (Å²) >= 11 is 0. The SMILES string of the molecule is CC(=O)OC1C(OCc2ccccc2)[C@H](OCc2ccccc2)C(COCc2ccccc2)O[C@@H]1OCC1O[C@H](O)C(OCc2ccccc2)C(OCc2ccccc2)[C@@H]1OCc1ccccc1. The number of aliphatic hydroxyl groups is 1.